The van der Waals surface area contributed by atoms with Gasteiger partial charge in [0.15, 0.2) is 0 Å². The van der Waals surface area contributed by atoms with Crippen LogP contribution in [-0.4, -0.2) is 32.4 Å². The van der Waals surface area contributed by atoms with Crippen molar-refractivity contribution in [2.75, 3.05) is 23.6 Å². The average molecular weight is 244 g/mol. The maximum absolute atomic E-state index is 11.4. The summed E-state index contributed by atoms with van der Waals surface area (Å²) in [7, 11) is -3.33. The van der Waals surface area contributed by atoms with Gasteiger partial charge in [-0.3, -0.25) is 4.72 Å². The van der Waals surface area contributed by atoms with Crippen molar-refractivity contribution in [3.8, 4) is 0 Å². The number of hydrogen-bond donors (Lipinski definition) is 3. The molecule has 0 spiro atoms. The lowest BCUT2D eigenvalue weighted by atomic mass is 10.1. The Morgan fingerprint density at radius 3 is 2.38 bits per heavy atom. The molecular weight excluding hydrogens is 228 g/mol. The molecule has 1 aromatic carbocycles. The summed E-state index contributed by atoms with van der Waals surface area (Å²) in [5.41, 5.74) is 6.66. The molecule has 0 saturated carbocycles. The maximum Gasteiger partial charge on any atom is 0.233 e. The standard InChI is InChI=1S/C10H16N2O3S/c11-6-8-16(14,15)12-10-3-1-9(2-4-10)5-7-13/h1-4,12-13H,5-8,11H2. The fourth-order valence-corrected chi connectivity index (χ4v) is 2.16. The van der Waals surface area contributed by atoms with E-state index in [2.05, 4.69) is 4.72 Å². The lowest BCUT2D eigenvalue weighted by Crippen LogP contribution is -2.22. The van der Waals surface area contributed by atoms with E-state index in [-0.39, 0.29) is 18.9 Å². The second-order valence-corrected chi connectivity index (χ2v) is 5.22. The Labute approximate surface area is 95.3 Å². The highest BCUT2D eigenvalue weighted by atomic mass is 32.2. The molecule has 0 aliphatic carbocycles. The summed E-state index contributed by atoms with van der Waals surface area (Å²) in [6.07, 6.45) is 0.565. The maximum atomic E-state index is 11.4. The van der Waals surface area contributed by atoms with Crippen molar-refractivity contribution in [2.24, 2.45) is 5.73 Å². The number of nitrogens with one attached hydrogen (secondary N) is 1. The first kappa shape index (κ1) is 13.0. The Morgan fingerprint density at radius 2 is 1.88 bits per heavy atom. The minimum Gasteiger partial charge on any atom is -0.396 e. The van der Waals surface area contributed by atoms with Crippen LogP contribution in [0.5, 0.6) is 0 Å². The van der Waals surface area contributed by atoms with Crippen molar-refractivity contribution in [1.82, 2.24) is 0 Å². The van der Waals surface area contributed by atoms with E-state index in [1.165, 1.54) is 0 Å². The highest BCUT2D eigenvalue weighted by molar-refractivity contribution is 7.92. The minimum absolute atomic E-state index is 0.0816. The van der Waals surface area contributed by atoms with Crippen LogP contribution in [0.1, 0.15) is 5.56 Å². The van der Waals surface area contributed by atoms with Gasteiger partial charge >= 0.3 is 0 Å². The average Bonchev–Trinajstić information content (AvgIpc) is 2.21. The lowest BCUT2D eigenvalue weighted by Gasteiger charge is -2.07. The summed E-state index contributed by atoms with van der Waals surface area (Å²) in [6.45, 7) is 0.177. The second kappa shape index (κ2) is 5.83. The molecule has 1 aromatic rings. The van der Waals surface area contributed by atoms with Crippen LogP contribution in [0, 0.1) is 0 Å². The van der Waals surface area contributed by atoms with Gasteiger partial charge in [0.25, 0.3) is 0 Å². The first-order chi connectivity index (χ1) is 7.57. The van der Waals surface area contributed by atoms with E-state index < -0.39 is 10.0 Å². The fraction of sp³-hybridized carbons (Fsp3) is 0.400. The third-order valence-electron chi connectivity index (χ3n) is 2.01. The Hall–Kier alpha value is -1.11. The Kier molecular flexibility index (Phi) is 4.72. The number of aliphatic hydroxyl groups is 1. The van der Waals surface area contributed by atoms with Crippen molar-refractivity contribution in [2.45, 2.75) is 6.42 Å². The van der Waals surface area contributed by atoms with Crippen molar-refractivity contribution < 1.29 is 13.5 Å². The largest absolute Gasteiger partial charge is 0.396 e. The molecule has 4 N–H and O–H groups in total. The van der Waals surface area contributed by atoms with Crippen LogP contribution >= 0.6 is 0 Å². The molecule has 6 heteroatoms. The van der Waals surface area contributed by atoms with Crippen molar-refractivity contribution in [1.29, 1.82) is 0 Å². The second-order valence-electron chi connectivity index (χ2n) is 3.38. The third kappa shape index (κ3) is 4.18. The number of benzene rings is 1. The van der Waals surface area contributed by atoms with Gasteiger partial charge in [-0.2, -0.15) is 0 Å². The van der Waals surface area contributed by atoms with Crippen LogP contribution in [0.2, 0.25) is 0 Å². The van der Waals surface area contributed by atoms with E-state index in [9.17, 15) is 8.42 Å². The molecule has 0 atom stereocenters. The fourth-order valence-electron chi connectivity index (χ4n) is 1.25. The number of aliphatic hydroxyl groups excluding tert-OH is 1. The van der Waals surface area contributed by atoms with Crippen LogP contribution in [0.4, 0.5) is 5.69 Å². The molecular formula is C10H16N2O3S. The van der Waals surface area contributed by atoms with Crippen LogP contribution in [0.15, 0.2) is 24.3 Å². The van der Waals surface area contributed by atoms with E-state index in [4.69, 9.17) is 10.8 Å². The van der Waals surface area contributed by atoms with E-state index >= 15 is 0 Å². The van der Waals surface area contributed by atoms with Crippen LogP contribution in [0.25, 0.3) is 0 Å². The van der Waals surface area contributed by atoms with Crippen LogP contribution in [0.3, 0.4) is 0 Å². The molecule has 90 valence electrons. The van der Waals surface area contributed by atoms with E-state index in [0.717, 1.165) is 5.56 Å². The highest BCUT2D eigenvalue weighted by Crippen LogP contribution is 2.11. The predicted molar refractivity (Wildman–Crippen MR) is 63.7 cm³/mol. The molecule has 0 bridgehead atoms. The van der Waals surface area contributed by atoms with Crippen molar-refractivity contribution in [3.05, 3.63) is 29.8 Å². The molecule has 0 saturated heterocycles. The van der Waals surface area contributed by atoms with Gasteiger partial charge in [0.05, 0.1) is 5.75 Å². The van der Waals surface area contributed by atoms with Crippen molar-refractivity contribution in [3.63, 3.8) is 0 Å². The molecule has 0 fully saturated rings. The molecule has 5 nitrogen and oxygen atoms in total. The first-order valence-corrected chi connectivity index (χ1v) is 6.63. The number of anilines is 1. The summed E-state index contributed by atoms with van der Waals surface area (Å²) >= 11 is 0. The van der Waals surface area contributed by atoms with Crippen LogP contribution < -0.4 is 10.5 Å². The molecule has 0 unspecified atom stereocenters. The Balaban J connectivity index is 2.68. The molecule has 0 amide bonds. The minimum atomic E-state index is -3.33. The Morgan fingerprint density at radius 1 is 1.25 bits per heavy atom. The van der Waals surface area contributed by atoms with Gasteiger partial charge in [0.1, 0.15) is 0 Å². The zero-order valence-corrected chi connectivity index (χ0v) is 9.70. The summed E-state index contributed by atoms with van der Waals surface area (Å²) in [4.78, 5) is 0. The summed E-state index contributed by atoms with van der Waals surface area (Å²) in [5, 5.41) is 8.72. The lowest BCUT2D eigenvalue weighted by molar-refractivity contribution is 0.299. The first-order valence-electron chi connectivity index (χ1n) is 4.98. The third-order valence-corrected chi connectivity index (χ3v) is 3.33. The molecule has 0 aliphatic rings. The van der Waals surface area contributed by atoms with Gasteiger partial charge in [-0.05, 0) is 24.1 Å². The Bertz CT molecular complexity index is 414. The number of sulfonamides is 1. The molecule has 1 rings (SSSR count). The number of hydrogen-bond acceptors (Lipinski definition) is 4. The topological polar surface area (TPSA) is 92.4 Å². The monoisotopic (exact) mass is 244 g/mol. The molecule has 0 radical (unpaired) electrons. The normalized spacial score (nSPS) is 11.4. The van der Waals surface area contributed by atoms with Gasteiger partial charge in [0, 0.05) is 18.8 Å². The van der Waals surface area contributed by atoms with Gasteiger partial charge in [-0.15, -0.1) is 0 Å². The zero-order chi connectivity index (χ0) is 12.0. The summed E-state index contributed by atoms with van der Waals surface area (Å²) in [5.74, 6) is -0.0919. The smallest absolute Gasteiger partial charge is 0.233 e. The van der Waals surface area contributed by atoms with E-state index in [1.807, 2.05) is 0 Å². The molecule has 0 heterocycles. The van der Waals surface area contributed by atoms with Gasteiger partial charge in [-0.1, -0.05) is 12.1 Å². The quantitative estimate of drug-likeness (QED) is 0.652. The zero-order valence-electron chi connectivity index (χ0n) is 8.89. The predicted octanol–water partition coefficient (Wildman–Crippen LogP) is -0.0782. The number of rotatable bonds is 6. The van der Waals surface area contributed by atoms with E-state index in [1.54, 1.807) is 24.3 Å². The summed E-state index contributed by atoms with van der Waals surface area (Å²) < 4.78 is 25.2. The van der Waals surface area contributed by atoms with Crippen molar-refractivity contribution >= 4 is 15.7 Å². The molecule has 0 aromatic heterocycles. The molecule has 0 aliphatic heterocycles. The van der Waals surface area contributed by atoms with Gasteiger partial charge in [0.2, 0.25) is 10.0 Å². The highest BCUT2D eigenvalue weighted by Gasteiger charge is 2.08. The van der Waals surface area contributed by atoms with Gasteiger partial charge in [-0.25, -0.2) is 8.42 Å². The van der Waals surface area contributed by atoms with Crippen LogP contribution in [-0.2, 0) is 16.4 Å². The number of nitrogens with two attached hydrogens (primary N) is 1. The van der Waals surface area contributed by atoms with Gasteiger partial charge < -0.3 is 10.8 Å². The van der Waals surface area contributed by atoms with E-state index in [0.29, 0.717) is 12.1 Å². The molecule has 16 heavy (non-hydrogen) atoms. The SMILES string of the molecule is NCCS(=O)(=O)Nc1ccc(CCO)cc1. The summed E-state index contributed by atoms with van der Waals surface area (Å²) in [6, 6.07) is 6.88.